The number of aryl methyl sites for hydroxylation is 1. The smallest absolute Gasteiger partial charge is 0.250 e. The molecule has 0 bridgehead atoms. The summed E-state index contributed by atoms with van der Waals surface area (Å²) < 4.78 is 1.48. The van der Waals surface area contributed by atoms with Crippen LogP contribution in [0.25, 0.3) is 0 Å². The van der Waals surface area contributed by atoms with Gasteiger partial charge in [0.1, 0.15) is 0 Å². The van der Waals surface area contributed by atoms with Crippen molar-refractivity contribution in [2.45, 2.75) is 12.1 Å². The minimum atomic E-state index is -0.273. The molecule has 1 aromatic heterocycles. The predicted octanol–water partition coefficient (Wildman–Crippen LogP) is 2.15. The van der Waals surface area contributed by atoms with Crippen molar-refractivity contribution in [1.82, 2.24) is 25.6 Å². The second-order valence-corrected chi connectivity index (χ2v) is 6.02. The van der Waals surface area contributed by atoms with Crippen LogP contribution in [-0.2, 0) is 11.8 Å². The van der Waals surface area contributed by atoms with Crippen LogP contribution >= 0.6 is 35.0 Å². The van der Waals surface area contributed by atoms with Crippen LogP contribution in [-0.4, -0.2) is 37.6 Å². The van der Waals surface area contributed by atoms with Crippen LogP contribution in [0.5, 0.6) is 0 Å². The van der Waals surface area contributed by atoms with Gasteiger partial charge in [-0.2, -0.15) is 5.10 Å². The first-order valence-electron chi connectivity index (χ1n) is 6.11. The highest BCUT2D eigenvalue weighted by atomic mass is 35.5. The number of nitrogens with one attached hydrogen (secondary N) is 1. The minimum absolute atomic E-state index is 0.147. The van der Waals surface area contributed by atoms with Crippen LogP contribution in [0.15, 0.2) is 28.5 Å². The van der Waals surface area contributed by atoms with Crippen LogP contribution < -0.4 is 5.43 Å². The van der Waals surface area contributed by atoms with E-state index in [0.717, 1.165) is 0 Å². The number of halogens is 2. The van der Waals surface area contributed by atoms with E-state index in [2.05, 4.69) is 26.1 Å². The molecular formula is C12H12Cl2N6OS. The SMILES string of the molecule is C/C(=N\NC(=O)CSc1nnnn1C)c1cc(Cl)ccc1Cl. The van der Waals surface area contributed by atoms with Crippen LogP contribution in [0.1, 0.15) is 12.5 Å². The zero-order valence-electron chi connectivity index (χ0n) is 11.7. The Morgan fingerprint density at radius 1 is 1.45 bits per heavy atom. The molecule has 0 spiro atoms. The molecule has 0 radical (unpaired) electrons. The van der Waals surface area contributed by atoms with E-state index < -0.39 is 0 Å². The van der Waals surface area contributed by atoms with E-state index in [1.807, 2.05) is 0 Å². The zero-order chi connectivity index (χ0) is 16.1. The van der Waals surface area contributed by atoms with Gasteiger partial charge in [0, 0.05) is 22.7 Å². The molecule has 1 heterocycles. The van der Waals surface area contributed by atoms with Crippen molar-refractivity contribution in [3.63, 3.8) is 0 Å². The quantitative estimate of drug-likeness (QED) is 0.502. The Morgan fingerprint density at radius 3 is 2.91 bits per heavy atom. The first kappa shape index (κ1) is 16.7. The summed E-state index contributed by atoms with van der Waals surface area (Å²) in [5.74, 6) is -0.126. The van der Waals surface area contributed by atoms with Gasteiger partial charge in [0.25, 0.3) is 5.91 Å². The average molecular weight is 359 g/mol. The van der Waals surface area contributed by atoms with E-state index in [-0.39, 0.29) is 11.7 Å². The van der Waals surface area contributed by atoms with Crippen molar-refractivity contribution in [2.24, 2.45) is 12.1 Å². The maximum absolute atomic E-state index is 11.8. The van der Waals surface area contributed by atoms with Crippen LogP contribution in [0.3, 0.4) is 0 Å². The number of carbonyl (C=O) groups excluding carboxylic acids is 1. The lowest BCUT2D eigenvalue weighted by molar-refractivity contribution is -0.118. The molecule has 2 rings (SSSR count). The molecule has 10 heteroatoms. The van der Waals surface area contributed by atoms with E-state index in [9.17, 15) is 4.79 Å². The van der Waals surface area contributed by atoms with Crippen molar-refractivity contribution in [1.29, 1.82) is 0 Å². The Labute approximate surface area is 141 Å². The number of hydrogen-bond donors (Lipinski definition) is 1. The molecule has 2 aromatic rings. The summed E-state index contributed by atoms with van der Waals surface area (Å²) in [6.45, 7) is 1.73. The van der Waals surface area contributed by atoms with Gasteiger partial charge in [0.2, 0.25) is 5.16 Å². The third-order valence-electron chi connectivity index (χ3n) is 2.58. The molecule has 0 unspecified atom stereocenters. The fourth-order valence-corrected chi connectivity index (χ4v) is 2.56. The molecule has 22 heavy (non-hydrogen) atoms. The highest BCUT2D eigenvalue weighted by Crippen LogP contribution is 2.21. The van der Waals surface area contributed by atoms with E-state index in [0.29, 0.717) is 26.5 Å². The predicted molar refractivity (Wildman–Crippen MR) is 86.3 cm³/mol. The number of thioether (sulfide) groups is 1. The number of nitrogens with zero attached hydrogens (tertiary/aromatic N) is 5. The Hall–Kier alpha value is -1.64. The topological polar surface area (TPSA) is 85.1 Å². The Morgan fingerprint density at radius 2 is 2.23 bits per heavy atom. The average Bonchev–Trinajstić information content (AvgIpc) is 2.90. The maximum atomic E-state index is 11.8. The summed E-state index contributed by atoms with van der Waals surface area (Å²) in [5.41, 5.74) is 3.69. The molecule has 7 nitrogen and oxygen atoms in total. The highest BCUT2D eigenvalue weighted by molar-refractivity contribution is 7.99. The molecule has 0 aliphatic rings. The molecular weight excluding hydrogens is 347 g/mol. The summed E-state index contributed by atoms with van der Waals surface area (Å²) in [7, 11) is 1.70. The van der Waals surface area contributed by atoms with Gasteiger partial charge in [0.15, 0.2) is 0 Å². The Balaban J connectivity index is 1.94. The van der Waals surface area contributed by atoms with Gasteiger partial charge in [0.05, 0.1) is 11.5 Å². The normalized spacial score (nSPS) is 11.5. The summed E-state index contributed by atoms with van der Waals surface area (Å²) in [5, 5.41) is 16.6. The summed E-state index contributed by atoms with van der Waals surface area (Å²) in [6, 6.07) is 5.05. The molecule has 1 amide bonds. The van der Waals surface area contributed by atoms with Crippen molar-refractivity contribution < 1.29 is 4.79 Å². The number of hydrogen-bond acceptors (Lipinski definition) is 6. The van der Waals surface area contributed by atoms with Gasteiger partial charge in [-0.15, -0.1) is 5.10 Å². The van der Waals surface area contributed by atoms with E-state index in [1.165, 1.54) is 16.4 Å². The fraction of sp³-hybridized carbons (Fsp3) is 0.250. The minimum Gasteiger partial charge on any atom is -0.272 e. The first-order valence-corrected chi connectivity index (χ1v) is 7.85. The second kappa shape index (κ2) is 7.57. The zero-order valence-corrected chi connectivity index (χ0v) is 14.1. The van der Waals surface area contributed by atoms with Gasteiger partial charge < -0.3 is 0 Å². The van der Waals surface area contributed by atoms with E-state index in [4.69, 9.17) is 23.2 Å². The fourth-order valence-electron chi connectivity index (χ4n) is 1.49. The van der Waals surface area contributed by atoms with Crippen molar-refractivity contribution in [2.75, 3.05) is 5.75 Å². The Kier molecular flexibility index (Phi) is 5.76. The van der Waals surface area contributed by atoms with Crippen LogP contribution in [0, 0.1) is 0 Å². The van der Waals surface area contributed by atoms with Gasteiger partial charge in [-0.1, -0.05) is 35.0 Å². The first-order chi connectivity index (χ1) is 10.5. The summed E-state index contributed by atoms with van der Waals surface area (Å²) in [6.07, 6.45) is 0. The number of hydrazone groups is 1. The molecule has 0 aliphatic heterocycles. The lowest BCUT2D eigenvalue weighted by Gasteiger charge is -2.05. The number of amides is 1. The number of carbonyl (C=O) groups is 1. The van der Waals surface area contributed by atoms with Gasteiger partial charge >= 0.3 is 0 Å². The van der Waals surface area contributed by atoms with Crippen LogP contribution in [0.4, 0.5) is 0 Å². The third-order valence-corrected chi connectivity index (χ3v) is 4.16. The molecule has 1 aromatic carbocycles. The summed E-state index contributed by atoms with van der Waals surface area (Å²) in [4.78, 5) is 11.8. The number of benzene rings is 1. The largest absolute Gasteiger partial charge is 0.272 e. The van der Waals surface area contributed by atoms with Crippen molar-refractivity contribution in [3.8, 4) is 0 Å². The van der Waals surface area contributed by atoms with E-state index >= 15 is 0 Å². The monoisotopic (exact) mass is 358 g/mol. The lowest BCUT2D eigenvalue weighted by atomic mass is 10.1. The molecule has 0 aliphatic carbocycles. The number of aromatic nitrogens is 4. The van der Waals surface area contributed by atoms with Crippen LogP contribution in [0.2, 0.25) is 10.0 Å². The van der Waals surface area contributed by atoms with Gasteiger partial charge in [-0.05, 0) is 35.5 Å². The molecule has 0 saturated heterocycles. The molecule has 0 saturated carbocycles. The maximum Gasteiger partial charge on any atom is 0.250 e. The van der Waals surface area contributed by atoms with Crippen molar-refractivity contribution in [3.05, 3.63) is 33.8 Å². The van der Waals surface area contributed by atoms with Gasteiger partial charge in [-0.25, -0.2) is 10.1 Å². The van der Waals surface area contributed by atoms with E-state index in [1.54, 1.807) is 32.2 Å². The molecule has 0 atom stereocenters. The molecule has 1 N–H and O–H groups in total. The number of rotatable bonds is 5. The highest BCUT2D eigenvalue weighted by Gasteiger charge is 2.08. The second-order valence-electron chi connectivity index (χ2n) is 4.23. The standard InChI is InChI=1S/C12H12Cl2N6OS/c1-7(9-5-8(13)3-4-10(9)14)15-16-11(21)6-22-12-17-18-19-20(12)2/h3-5H,6H2,1-2H3,(H,16,21)/b15-7+. The lowest BCUT2D eigenvalue weighted by Crippen LogP contribution is -2.21. The Bertz CT molecular complexity index is 717. The summed E-state index contributed by atoms with van der Waals surface area (Å²) >= 11 is 13.2. The molecule has 116 valence electrons. The molecule has 0 fully saturated rings. The third kappa shape index (κ3) is 4.43. The van der Waals surface area contributed by atoms with Gasteiger partial charge in [-0.3, -0.25) is 4.79 Å². The van der Waals surface area contributed by atoms with Crippen molar-refractivity contribution >= 4 is 46.6 Å². The number of tetrazole rings is 1.